The van der Waals surface area contributed by atoms with Gasteiger partial charge in [0.05, 0.1) is 6.10 Å². The monoisotopic (exact) mass is 342 g/mol. The summed E-state index contributed by atoms with van der Waals surface area (Å²) in [6.07, 6.45) is 8.39. The van der Waals surface area contributed by atoms with Gasteiger partial charge in [-0.1, -0.05) is 26.0 Å². The van der Waals surface area contributed by atoms with Crippen molar-refractivity contribution in [2.75, 3.05) is 0 Å². The number of rotatable bonds is 6. The van der Waals surface area contributed by atoms with Crippen LogP contribution >= 0.6 is 0 Å². The normalized spacial score (nSPS) is 34.7. The molecule has 4 aliphatic carbocycles. The molecule has 5 rings (SSSR count). The summed E-state index contributed by atoms with van der Waals surface area (Å²) in [5.41, 5.74) is 1.61. The van der Waals surface area contributed by atoms with Gasteiger partial charge in [-0.15, -0.1) is 0 Å². The molecule has 4 aliphatic rings. The van der Waals surface area contributed by atoms with Crippen LogP contribution in [0.1, 0.15) is 77.7 Å². The highest BCUT2D eigenvalue weighted by molar-refractivity contribution is 5.29. The molecule has 0 N–H and O–H groups in total. The van der Waals surface area contributed by atoms with E-state index in [1.165, 1.54) is 44.1 Å². The van der Waals surface area contributed by atoms with Gasteiger partial charge in [0.2, 0.25) is 6.29 Å². The van der Waals surface area contributed by atoms with Crippen molar-refractivity contribution in [1.29, 1.82) is 0 Å². The van der Waals surface area contributed by atoms with Crippen LogP contribution in [0.15, 0.2) is 24.3 Å². The van der Waals surface area contributed by atoms with E-state index in [-0.39, 0.29) is 17.8 Å². The largest absolute Gasteiger partial charge is 0.464 e. The first-order valence-electron chi connectivity index (χ1n) is 10.4. The first-order chi connectivity index (χ1) is 11.9. The fourth-order valence-electron chi connectivity index (χ4n) is 6.07. The predicted octanol–water partition coefficient (Wildman–Crippen LogP) is 6.16. The van der Waals surface area contributed by atoms with E-state index in [4.69, 9.17) is 9.47 Å². The average molecular weight is 343 g/mol. The molecule has 0 spiro atoms. The molecule has 2 heteroatoms. The molecule has 0 radical (unpaired) electrons. The zero-order valence-corrected chi connectivity index (χ0v) is 16.3. The number of hydrogen-bond acceptors (Lipinski definition) is 2. The number of benzene rings is 1. The van der Waals surface area contributed by atoms with E-state index in [1.807, 2.05) is 0 Å². The van der Waals surface area contributed by atoms with Crippen LogP contribution < -0.4 is 4.74 Å². The first kappa shape index (κ1) is 17.4. The summed E-state index contributed by atoms with van der Waals surface area (Å²) in [6, 6.07) is 8.66. The molecule has 4 saturated carbocycles. The van der Waals surface area contributed by atoms with Gasteiger partial charge in [-0.25, -0.2) is 0 Å². The quantitative estimate of drug-likeness (QED) is 0.577. The van der Waals surface area contributed by atoms with Gasteiger partial charge in [0.15, 0.2) is 0 Å². The molecule has 4 fully saturated rings. The Hall–Kier alpha value is -1.02. The Morgan fingerprint density at radius 2 is 1.36 bits per heavy atom. The van der Waals surface area contributed by atoms with Gasteiger partial charge in [-0.2, -0.15) is 0 Å². The summed E-state index contributed by atoms with van der Waals surface area (Å²) in [6.45, 7) is 8.74. The summed E-state index contributed by atoms with van der Waals surface area (Å²) in [5.74, 6) is 4.26. The molecule has 1 unspecified atom stereocenters. The summed E-state index contributed by atoms with van der Waals surface area (Å²) in [4.78, 5) is 0. The lowest BCUT2D eigenvalue weighted by Gasteiger charge is -2.58. The summed E-state index contributed by atoms with van der Waals surface area (Å²) >= 11 is 0. The summed E-state index contributed by atoms with van der Waals surface area (Å²) in [7, 11) is 0. The Labute approximate surface area is 153 Å². The topological polar surface area (TPSA) is 18.5 Å². The van der Waals surface area contributed by atoms with Crippen molar-refractivity contribution in [2.45, 2.75) is 84.5 Å². The maximum absolute atomic E-state index is 6.52. The second kappa shape index (κ2) is 6.61. The van der Waals surface area contributed by atoms with Crippen molar-refractivity contribution >= 4 is 0 Å². The van der Waals surface area contributed by atoms with Crippen molar-refractivity contribution in [3.63, 3.8) is 0 Å². The van der Waals surface area contributed by atoms with Crippen LogP contribution in [0.25, 0.3) is 0 Å². The molecule has 0 saturated heterocycles. The van der Waals surface area contributed by atoms with E-state index in [1.54, 1.807) is 0 Å². The Bertz CT molecular complexity index is 551. The van der Waals surface area contributed by atoms with Crippen LogP contribution in [0, 0.1) is 23.2 Å². The molecule has 1 aromatic rings. The SMILES string of the molecule is CC(C)OC(Oc1ccc(C(C)C)cc1)C12CC3CC(CC(C3)C1)C2. The Balaban J connectivity index is 1.56. The minimum absolute atomic E-state index is 0.0919. The van der Waals surface area contributed by atoms with Gasteiger partial charge in [0.25, 0.3) is 0 Å². The van der Waals surface area contributed by atoms with Gasteiger partial charge in [0, 0.05) is 5.41 Å². The molecule has 1 aromatic carbocycles. The van der Waals surface area contributed by atoms with Crippen LogP contribution in [0.5, 0.6) is 5.75 Å². The average Bonchev–Trinajstić information content (AvgIpc) is 2.53. The predicted molar refractivity (Wildman–Crippen MR) is 102 cm³/mol. The van der Waals surface area contributed by atoms with Gasteiger partial charge in [0.1, 0.15) is 5.75 Å². The standard InChI is InChI=1S/C23H34O2/c1-15(2)20-5-7-21(8-6-20)25-22(24-16(3)4)23-12-17-9-18(13-23)11-19(10-17)14-23/h5-8,15-19,22H,9-14H2,1-4H3. The lowest BCUT2D eigenvalue weighted by molar-refractivity contribution is -0.227. The van der Waals surface area contributed by atoms with Crippen LogP contribution in [0.2, 0.25) is 0 Å². The third-order valence-corrected chi connectivity index (χ3v) is 6.77. The fourth-order valence-corrected chi connectivity index (χ4v) is 6.07. The molecular formula is C23H34O2. The van der Waals surface area contributed by atoms with E-state index in [2.05, 4.69) is 52.0 Å². The lowest BCUT2D eigenvalue weighted by atomic mass is 9.49. The molecule has 0 heterocycles. The van der Waals surface area contributed by atoms with Crippen LogP contribution in [-0.2, 0) is 4.74 Å². The molecule has 0 amide bonds. The molecule has 1 atom stereocenters. The maximum Gasteiger partial charge on any atom is 0.205 e. The second-order valence-corrected chi connectivity index (χ2v) is 9.64. The molecule has 2 nitrogen and oxygen atoms in total. The minimum atomic E-state index is -0.0919. The fraction of sp³-hybridized carbons (Fsp3) is 0.739. The van der Waals surface area contributed by atoms with E-state index in [0.29, 0.717) is 5.92 Å². The van der Waals surface area contributed by atoms with Gasteiger partial charge >= 0.3 is 0 Å². The van der Waals surface area contributed by atoms with Crippen molar-refractivity contribution in [3.05, 3.63) is 29.8 Å². The highest BCUT2D eigenvalue weighted by Gasteiger charge is 2.56. The van der Waals surface area contributed by atoms with Gasteiger partial charge in [-0.05, 0) is 93.7 Å². The summed E-state index contributed by atoms with van der Waals surface area (Å²) < 4.78 is 12.9. The molecule has 0 aromatic heterocycles. The molecule has 138 valence electrons. The Morgan fingerprint density at radius 1 is 0.840 bits per heavy atom. The van der Waals surface area contributed by atoms with E-state index in [0.717, 1.165) is 23.5 Å². The van der Waals surface area contributed by atoms with Gasteiger partial charge < -0.3 is 9.47 Å². The third kappa shape index (κ3) is 3.47. The van der Waals surface area contributed by atoms with E-state index in [9.17, 15) is 0 Å². The van der Waals surface area contributed by atoms with Crippen LogP contribution in [-0.4, -0.2) is 12.4 Å². The summed E-state index contributed by atoms with van der Waals surface area (Å²) in [5, 5.41) is 0. The van der Waals surface area contributed by atoms with Gasteiger partial charge in [-0.3, -0.25) is 0 Å². The van der Waals surface area contributed by atoms with E-state index < -0.39 is 0 Å². The zero-order valence-electron chi connectivity index (χ0n) is 16.3. The smallest absolute Gasteiger partial charge is 0.205 e. The highest BCUT2D eigenvalue weighted by Crippen LogP contribution is 2.62. The van der Waals surface area contributed by atoms with Crippen LogP contribution in [0.3, 0.4) is 0 Å². The molecule has 25 heavy (non-hydrogen) atoms. The third-order valence-electron chi connectivity index (χ3n) is 6.77. The number of hydrogen-bond donors (Lipinski definition) is 0. The van der Waals surface area contributed by atoms with Crippen molar-refractivity contribution in [2.24, 2.45) is 23.2 Å². The molecule has 0 aliphatic heterocycles. The van der Waals surface area contributed by atoms with Crippen molar-refractivity contribution < 1.29 is 9.47 Å². The maximum atomic E-state index is 6.52. The minimum Gasteiger partial charge on any atom is -0.464 e. The van der Waals surface area contributed by atoms with Crippen molar-refractivity contribution in [1.82, 2.24) is 0 Å². The second-order valence-electron chi connectivity index (χ2n) is 9.64. The zero-order chi connectivity index (χ0) is 17.6. The number of ether oxygens (including phenoxy) is 2. The van der Waals surface area contributed by atoms with Crippen molar-refractivity contribution in [3.8, 4) is 5.75 Å². The molecular weight excluding hydrogens is 308 g/mol. The molecule has 4 bridgehead atoms. The Morgan fingerprint density at radius 3 is 1.80 bits per heavy atom. The lowest BCUT2D eigenvalue weighted by Crippen LogP contribution is -2.54. The van der Waals surface area contributed by atoms with E-state index >= 15 is 0 Å². The highest BCUT2D eigenvalue weighted by atomic mass is 16.7. The Kier molecular flexibility index (Phi) is 4.60. The van der Waals surface area contributed by atoms with Crippen LogP contribution in [0.4, 0.5) is 0 Å². The first-order valence-corrected chi connectivity index (χ1v) is 10.4.